The third-order valence-electron chi connectivity index (χ3n) is 2.83. The van der Waals surface area contributed by atoms with E-state index in [1.165, 1.54) is 24.7 Å². The van der Waals surface area contributed by atoms with Crippen LogP contribution in [-0.4, -0.2) is 32.2 Å². The molecule has 0 radical (unpaired) electrons. The van der Waals surface area contributed by atoms with Crippen molar-refractivity contribution in [2.45, 2.75) is 0 Å². The van der Waals surface area contributed by atoms with Gasteiger partial charge in [-0.2, -0.15) is 5.10 Å². The molecule has 2 N–H and O–H groups in total. The Balaban J connectivity index is 2.34. The first-order chi connectivity index (χ1) is 9.22. The van der Waals surface area contributed by atoms with Gasteiger partial charge in [-0.3, -0.25) is 14.7 Å². The van der Waals surface area contributed by atoms with Gasteiger partial charge in [-0.25, -0.2) is 9.37 Å². The summed E-state index contributed by atoms with van der Waals surface area (Å²) in [4.78, 5) is 28.8. The fraction of sp³-hybridized carbons (Fsp3) is 0. The lowest BCUT2D eigenvalue weighted by molar-refractivity contribution is -0.104. The number of Topliss-reactive ketones (excluding diaryl/α,β-unsaturated/α-hetero) is 1. The van der Waals surface area contributed by atoms with Crippen LogP contribution in [0.5, 0.6) is 0 Å². The molecule has 0 aliphatic rings. The van der Waals surface area contributed by atoms with Gasteiger partial charge in [0.1, 0.15) is 12.1 Å². The van der Waals surface area contributed by atoms with Gasteiger partial charge in [0, 0.05) is 17.1 Å². The Morgan fingerprint density at radius 2 is 2.21 bits per heavy atom. The Kier molecular flexibility index (Phi) is 2.45. The smallest absolute Gasteiger partial charge is 0.227 e. The standard InChI is InChI=1S/C12H7FN4O2/c13-8-2-1-6(12-15-5-16-17-12)11-10(8)7(3-14-11)9(19)4-18/h1-5,14H,(H,15,16,17). The molecule has 0 atom stereocenters. The summed E-state index contributed by atoms with van der Waals surface area (Å²) in [7, 11) is 0. The molecule has 0 aliphatic heterocycles. The van der Waals surface area contributed by atoms with Crippen LogP contribution in [0.1, 0.15) is 10.4 Å². The second-order valence-corrected chi connectivity index (χ2v) is 3.86. The van der Waals surface area contributed by atoms with Gasteiger partial charge in [0.15, 0.2) is 12.1 Å². The summed E-state index contributed by atoms with van der Waals surface area (Å²) in [5.41, 5.74) is 0.963. The Hall–Kier alpha value is -2.83. The molecule has 0 amide bonds. The number of fused-ring (bicyclic) bond motifs is 1. The number of hydrogen-bond donors (Lipinski definition) is 2. The van der Waals surface area contributed by atoms with E-state index in [2.05, 4.69) is 20.2 Å². The fourth-order valence-electron chi connectivity index (χ4n) is 2.00. The average Bonchev–Trinajstić information content (AvgIpc) is 3.07. The van der Waals surface area contributed by atoms with Crippen LogP contribution in [0.3, 0.4) is 0 Å². The van der Waals surface area contributed by atoms with Crippen molar-refractivity contribution in [3.05, 3.63) is 36.0 Å². The lowest BCUT2D eigenvalue weighted by atomic mass is 10.1. The van der Waals surface area contributed by atoms with E-state index in [4.69, 9.17) is 0 Å². The van der Waals surface area contributed by atoms with Gasteiger partial charge in [0.2, 0.25) is 5.78 Å². The van der Waals surface area contributed by atoms with Crippen molar-refractivity contribution < 1.29 is 14.0 Å². The Morgan fingerprint density at radius 3 is 2.89 bits per heavy atom. The van der Waals surface area contributed by atoms with Crippen molar-refractivity contribution in [3.63, 3.8) is 0 Å². The van der Waals surface area contributed by atoms with Gasteiger partial charge in [0.25, 0.3) is 0 Å². The van der Waals surface area contributed by atoms with Gasteiger partial charge >= 0.3 is 0 Å². The molecule has 6 nitrogen and oxygen atoms in total. The average molecular weight is 258 g/mol. The quantitative estimate of drug-likeness (QED) is 0.423. The summed E-state index contributed by atoms with van der Waals surface area (Å²) in [5.74, 6) is -0.915. The second kappa shape index (κ2) is 4.13. The molecule has 1 aromatic carbocycles. The highest BCUT2D eigenvalue weighted by Crippen LogP contribution is 2.29. The maximum Gasteiger partial charge on any atom is 0.227 e. The third-order valence-corrected chi connectivity index (χ3v) is 2.83. The van der Waals surface area contributed by atoms with Crippen LogP contribution in [0.2, 0.25) is 0 Å². The molecule has 3 aromatic rings. The Morgan fingerprint density at radius 1 is 1.37 bits per heavy atom. The van der Waals surface area contributed by atoms with Crippen LogP contribution >= 0.6 is 0 Å². The number of benzene rings is 1. The number of aromatic amines is 2. The van der Waals surface area contributed by atoms with Crippen molar-refractivity contribution >= 4 is 23.0 Å². The van der Waals surface area contributed by atoms with E-state index in [0.29, 0.717) is 16.9 Å². The molecule has 2 heterocycles. The van der Waals surface area contributed by atoms with Gasteiger partial charge in [0.05, 0.1) is 11.1 Å². The largest absolute Gasteiger partial charge is 0.360 e. The Labute approximate surface area is 105 Å². The van der Waals surface area contributed by atoms with E-state index in [1.54, 1.807) is 0 Å². The number of nitrogens with zero attached hydrogens (tertiary/aromatic N) is 2. The molecule has 0 spiro atoms. The first-order valence-electron chi connectivity index (χ1n) is 5.37. The molecule has 0 fully saturated rings. The second-order valence-electron chi connectivity index (χ2n) is 3.86. The van der Waals surface area contributed by atoms with Crippen molar-refractivity contribution in [3.8, 4) is 11.4 Å². The van der Waals surface area contributed by atoms with Crippen LogP contribution in [0, 0.1) is 5.82 Å². The molecular weight excluding hydrogens is 251 g/mol. The lowest BCUT2D eigenvalue weighted by Crippen LogP contribution is -1.99. The molecule has 0 saturated heterocycles. The maximum absolute atomic E-state index is 13.9. The number of aromatic nitrogens is 4. The zero-order chi connectivity index (χ0) is 13.4. The van der Waals surface area contributed by atoms with Crippen LogP contribution in [0.4, 0.5) is 4.39 Å². The van der Waals surface area contributed by atoms with E-state index in [1.807, 2.05) is 0 Å². The zero-order valence-electron chi connectivity index (χ0n) is 9.48. The number of halogens is 1. The number of carbonyl (C=O) groups excluding carboxylic acids is 2. The number of nitrogens with one attached hydrogen (secondary N) is 2. The molecular formula is C12H7FN4O2. The third kappa shape index (κ3) is 1.63. The first kappa shape index (κ1) is 11.3. The number of hydrogen-bond acceptors (Lipinski definition) is 4. The van der Waals surface area contributed by atoms with Gasteiger partial charge in [-0.05, 0) is 12.1 Å². The highest BCUT2D eigenvalue weighted by Gasteiger charge is 2.18. The van der Waals surface area contributed by atoms with Crippen LogP contribution in [0.15, 0.2) is 24.7 Å². The predicted molar refractivity (Wildman–Crippen MR) is 64.0 cm³/mol. The highest BCUT2D eigenvalue weighted by atomic mass is 19.1. The van der Waals surface area contributed by atoms with Gasteiger partial charge < -0.3 is 4.98 Å². The minimum Gasteiger partial charge on any atom is -0.360 e. The summed E-state index contributed by atoms with van der Waals surface area (Å²) >= 11 is 0. The van der Waals surface area contributed by atoms with Crippen molar-refractivity contribution in [2.24, 2.45) is 0 Å². The predicted octanol–water partition coefficient (Wildman–Crippen LogP) is 1.47. The molecule has 0 unspecified atom stereocenters. The number of H-pyrrole nitrogens is 2. The fourth-order valence-corrected chi connectivity index (χ4v) is 2.00. The molecule has 7 heteroatoms. The monoisotopic (exact) mass is 258 g/mol. The Bertz CT molecular complexity index is 776. The summed E-state index contributed by atoms with van der Waals surface area (Å²) in [6.45, 7) is 0. The summed E-state index contributed by atoms with van der Waals surface area (Å²) in [5, 5.41) is 6.45. The molecule has 0 aliphatic carbocycles. The number of ketones is 1. The topological polar surface area (TPSA) is 91.5 Å². The minimum atomic E-state index is -0.778. The van der Waals surface area contributed by atoms with E-state index in [9.17, 15) is 14.0 Å². The van der Waals surface area contributed by atoms with E-state index in [-0.39, 0.29) is 17.2 Å². The molecule has 3 rings (SSSR count). The molecule has 0 bridgehead atoms. The zero-order valence-corrected chi connectivity index (χ0v) is 9.48. The molecule has 19 heavy (non-hydrogen) atoms. The number of carbonyl (C=O) groups is 2. The van der Waals surface area contributed by atoms with E-state index < -0.39 is 11.6 Å². The van der Waals surface area contributed by atoms with Crippen LogP contribution < -0.4 is 0 Å². The van der Waals surface area contributed by atoms with Gasteiger partial charge in [-0.15, -0.1) is 0 Å². The summed E-state index contributed by atoms with van der Waals surface area (Å²) in [6, 6.07) is 2.74. The van der Waals surface area contributed by atoms with Crippen molar-refractivity contribution in [2.75, 3.05) is 0 Å². The molecule has 94 valence electrons. The van der Waals surface area contributed by atoms with E-state index >= 15 is 0 Å². The minimum absolute atomic E-state index is 0.00358. The van der Waals surface area contributed by atoms with Crippen molar-refractivity contribution in [1.29, 1.82) is 0 Å². The maximum atomic E-state index is 13.9. The van der Waals surface area contributed by atoms with Gasteiger partial charge in [-0.1, -0.05) is 0 Å². The van der Waals surface area contributed by atoms with Crippen molar-refractivity contribution in [1.82, 2.24) is 20.2 Å². The highest BCUT2D eigenvalue weighted by molar-refractivity contribution is 6.36. The van der Waals surface area contributed by atoms with Crippen LogP contribution in [0.25, 0.3) is 22.3 Å². The number of rotatable bonds is 3. The van der Waals surface area contributed by atoms with Crippen LogP contribution in [-0.2, 0) is 4.79 Å². The molecule has 2 aromatic heterocycles. The first-order valence-corrected chi connectivity index (χ1v) is 5.37. The summed E-state index contributed by atoms with van der Waals surface area (Å²) < 4.78 is 13.9. The SMILES string of the molecule is O=CC(=O)c1c[nH]c2c(-c3ncn[nH]3)ccc(F)c12. The normalized spacial score (nSPS) is 10.8. The number of aldehydes is 1. The summed E-state index contributed by atoms with van der Waals surface area (Å²) in [6.07, 6.45) is 2.79. The lowest BCUT2D eigenvalue weighted by Gasteiger charge is -2.01. The van der Waals surface area contributed by atoms with E-state index in [0.717, 1.165) is 0 Å². The molecule has 0 saturated carbocycles.